The number of amides is 2. The third-order valence-corrected chi connectivity index (χ3v) is 6.43. The molecular formula is C20H20N8O2S. The summed E-state index contributed by atoms with van der Waals surface area (Å²) in [7, 11) is 0. The Hall–Kier alpha value is -3.57. The SMILES string of the molecule is CC(c1ncc[nH]1)N1CCc2nc(NC(=O)c3cccc4[nH]c(C(N)=O)nc34)sc2C1. The van der Waals surface area contributed by atoms with Crippen LogP contribution in [-0.2, 0) is 13.0 Å². The quantitative estimate of drug-likeness (QED) is 0.377. The largest absolute Gasteiger partial charge is 0.363 e. The fourth-order valence-electron chi connectivity index (χ4n) is 3.77. The molecule has 31 heavy (non-hydrogen) atoms. The van der Waals surface area contributed by atoms with E-state index in [1.165, 1.54) is 11.3 Å². The van der Waals surface area contributed by atoms with Gasteiger partial charge in [-0.3, -0.25) is 19.8 Å². The number of hydrogen-bond acceptors (Lipinski definition) is 7. The second-order valence-electron chi connectivity index (χ2n) is 7.37. The maximum absolute atomic E-state index is 12.9. The Labute approximate surface area is 180 Å². The van der Waals surface area contributed by atoms with E-state index in [-0.39, 0.29) is 17.8 Å². The van der Waals surface area contributed by atoms with Crippen molar-refractivity contribution in [2.24, 2.45) is 5.73 Å². The van der Waals surface area contributed by atoms with Gasteiger partial charge in [-0.2, -0.15) is 0 Å². The number of primary amides is 1. The first kappa shape index (κ1) is 19.4. The van der Waals surface area contributed by atoms with Gasteiger partial charge in [0.25, 0.3) is 11.8 Å². The number of carbonyl (C=O) groups is 2. The number of aromatic nitrogens is 5. The zero-order valence-corrected chi connectivity index (χ0v) is 17.5. The van der Waals surface area contributed by atoms with Gasteiger partial charge in [0, 0.05) is 36.8 Å². The number of para-hydroxylation sites is 1. The summed E-state index contributed by atoms with van der Waals surface area (Å²) in [5.74, 6) is -0.0573. The highest BCUT2D eigenvalue weighted by molar-refractivity contribution is 7.15. The lowest BCUT2D eigenvalue weighted by Crippen LogP contribution is -2.32. The summed E-state index contributed by atoms with van der Waals surface area (Å²) in [6, 6.07) is 5.28. The predicted octanol–water partition coefficient (Wildman–Crippen LogP) is 2.21. The molecule has 10 nitrogen and oxygen atoms in total. The molecule has 0 spiro atoms. The van der Waals surface area contributed by atoms with Crippen LogP contribution in [0.15, 0.2) is 30.6 Å². The monoisotopic (exact) mass is 436 g/mol. The summed E-state index contributed by atoms with van der Waals surface area (Å²) in [6.07, 6.45) is 4.39. The zero-order valence-electron chi connectivity index (χ0n) is 16.7. The molecular weight excluding hydrogens is 416 g/mol. The van der Waals surface area contributed by atoms with E-state index < -0.39 is 5.91 Å². The fraction of sp³-hybridized carbons (Fsp3) is 0.250. The summed E-state index contributed by atoms with van der Waals surface area (Å²) < 4.78 is 0. The second kappa shape index (κ2) is 7.60. The number of nitrogens with zero attached hydrogens (tertiary/aromatic N) is 4. The van der Waals surface area contributed by atoms with Crippen molar-refractivity contribution in [1.82, 2.24) is 29.8 Å². The summed E-state index contributed by atoms with van der Waals surface area (Å²) >= 11 is 1.47. The zero-order chi connectivity index (χ0) is 21.5. The molecule has 5 rings (SSSR count). The molecule has 0 radical (unpaired) electrons. The van der Waals surface area contributed by atoms with Crippen molar-refractivity contribution in [1.29, 1.82) is 0 Å². The molecule has 0 aliphatic carbocycles. The van der Waals surface area contributed by atoms with Crippen molar-refractivity contribution in [3.63, 3.8) is 0 Å². The molecule has 5 N–H and O–H groups in total. The van der Waals surface area contributed by atoms with E-state index in [9.17, 15) is 9.59 Å². The van der Waals surface area contributed by atoms with Crippen LogP contribution in [0.4, 0.5) is 5.13 Å². The minimum absolute atomic E-state index is 0.0192. The lowest BCUT2D eigenvalue weighted by atomic mass is 10.1. The number of H-pyrrole nitrogens is 2. The van der Waals surface area contributed by atoms with Crippen LogP contribution in [0.2, 0.25) is 0 Å². The molecule has 1 aromatic carbocycles. The average Bonchev–Trinajstić information content (AvgIpc) is 3.50. The van der Waals surface area contributed by atoms with Crippen LogP contribution in [0, 0.1) is 0 Å². The van der Waals surface area contributed by atoms with Gasteiger partial charge in [0.1, 0.15) is 11.3 Å². The number of nitrogens with one attached hydrogen (secondary N) is 3. The molecule has 1 aliphatic heterocycles. The fourth-order valence-corrected chi connectivity index (χ4v) is 4.80. The molecule has 3 aromatic heterocycles. The van der Waals surface area contributed by atoms with Crippen LogP contribution in [0.3, 0.4) is 0 Å². The number of anilines is 1. The smallest absolute Gasteiger partial charge is 0.284 e. The molecule has 0 saturated carbocycles. The first-order chi connectivity index (χ1) is 15.0. The van der Waals surface area contributed by atoms with Crippen molar-refractivity contribution >= 4 is 39.3 Å². The van der Waals surface area contributed by atoms with E-state index in [0.717, 1.165) is 35.9 Å². The van der Waals surface area contributed by atoms with Gasteiger partial charge >= 0.3 is 0 Å². The third kappa shape index (κ3) is 3.57. The molecule has 1 unspecified atom stereocenters. The van der Waals surface area contributed by atoms with E-state index in [4.69, 9.17) is 5.73 Å². The van der Waals surface area contributed by atoms with Crippen LogP contribution in [0.1, 0.15) is 50.3 Å². The van der Waals surface area contributed by atoms with E-state index in [1.54, 1.807) is 24.4 Å². The second-order valence-corrected chi connectivity index (χ2v) is 8.45. The lowest BCUT2D eigenvalue weighted by molar-refractivity contribution is 0.0989. The molecule has 4 heterocycles. The number of imidazole rings is 2. The first-order valence-corrected chi connectivity index (χ1v) is 10.6. The van der Waals surface area contributed by atoms with Crippen LogP contribution in [0.25, 0.3) is 11.0 Å². The van der Waals surface area contributed by atoms with Crippen LogP contribution < -0.4 is 11.1 Å². The van der Waals surface area contributed by atoms with Gasteiger partial charge in [0.15, 0.2) is 11.0 Å². The Kier molecular flexibility index (Phi) is 4.75. The topological polar surface area (TPSA) is 146 Å². The van der Waals surface area contributed by atoms with Gasteiger partial charge in [-0.05, 0) is 19.1 Å². The van der Waals surface area contributed by atoms with Crippen LogP contribution in [-0.4, -0.2) is 48.2 Å². The molecule has 0 saturated heterocycles. The standard InChI is InChI=1S/C20H20N8O2S/c1-10(17-22-6-7-23-17)28-8-5-12-14(9-28)31-20(25-12)27-19(30)11-3-2-4-13-15(11)26-18(24-13)16(21)29/h2-4,6-7,10H,5,8-9H2,1H3,(H2,21,29)(H,22,23)(H,24,26)(H,25,27,30). The Morgan fingerprint density at radius 2 is 2.19 bits per heavy atom. The van der Waals surface area contributed by atoms with Crippen molar-refractivity contribution in [2.45, 2.75) is 25.9 Å². The van der Waals surface area contributed by atoms with E-state index in [1.807, 2.05) is 6.20 Å². The number of aromatic amines is 2. The highest BCUT2D eigenvalue weighted by Crippen LogP contribution is 2.32. The van der Waals surface area contributed by atoms with E-state index in [0.29, 0.717) is 21.7 Å². The highest BCUT2D eigenvalue weighted by Gasteiger charge is 2.26. The normalized spacial score (nSPS) is 15.0. The highest BCUT2D eigenvalue weighted by atomic mass is 32.1. The summed E-state index contributed by atoms with van der Waals surface area (Å²) in [5.41, 5.74) is 7.62. The van der Waals surface area contributed by atoms with Crippen LogP contribution >= 0.6 is 11.3 Å². The van der Waals surface area contributed by atoms with E-state index >= 15 is 0 Å². The number of hydrogen-bond donors (Lipinski definition) is 4. The number of rotatable bonds is 5. The molecule has 0 bridgehead atoms. The average molecular weight is 437 g/mol. The Balaban J connectivity index is 1.35. The number of nitrogens with two attached hydrogens (primary N) is 1. The first-order valence-electron chi connectivity index (χ1n) is 9.81. The predicted molar refractivity (Wildman–Crippen MR) is 116 cm³/mol. The van der Waals surface area contributed by atoms with Gasteiger partial charge in [0.2, 0.25) is 0 Å². The van der Waals surface area contributed by atoms with Crippen LogP contribution in [0.5, 0.6) is 0 Å². The summed E-state index contributed by atoms with van der Waals surface area (Å²) in [6.45, 7) is 3.74. The Morgan fingerprint density at radius 1 is 1.32 bits per heavy atom. The summed E-state index contributed by atoms with van der Waals surface area (Å²) in [5, 5.41) is 3.43. The number of benzene rings is 1. The van der Waals surface area contributed by atoms with Gasteiger partial charge < -0.3 is 15.7 Å². The molecule has 1 aliphatic rings. The number of thiazole rings is 1. The maximum atomic E-state index is 12.9. The van der Waals surface area contributed by atoms with Crippen molar-refractivity contribution in [3.8, 4) is 0 Å². The van der Waals surface area contributed by atoms with E-state index in [2.05, 4.69) is 42.1 Å². The summed E-state index contributed by atoms with van der Waals surface area (Å²) in [4.78, 5) is 46.9. The lowest BCUT2D eigenvalue weighted by Gasteiger charge is -2.30. The molecule has 1 atom stereocenters. The Bertz CT molecular complexity index is 1280. The third-order valence-electron chi connectivity index (χ3n) is 5.43. The van der Waals surface area contributed by atoms with Gasteiger partial charge in [0.05, 0.1) is 22.8 Å². The van der Waals surface area contributed by atoms with Gasteiger partial charge in [-0.25, -0.2) is 15.0 Å². The minimum Gasteiger partial charge on any atom is -0.363 e. The molecule has 158 valence electrons. The molecule has 11 heteroatoms. The van der Waals surface area contributed by atoms with Gasteiger partial charge in [-0.15, -0.1) is 11.3 Å². The van der Waals surface area contributed by atoms with Crippen molar-refractivity contribution in [3.05, 3.63) is 58.4 Å². The van der Waals surface area contributed by atoms with Crippen molar-refractivity contribution in [2.75, 3.05) is 11.9 Å². The van der Waals surface area contributed by atoms with Crippen molar-refractivity contribution < 1.29 is 9.59 Å². The van der Waals surface area contributed by atoms with Gasteiger partial charge in [-0.1, -0.05) is 6.07 Å². The minimum atomic E-state index is -0.677. The number of fused-ring (bicyclic) bond motifs is 2. The maximum Gasteiger partial charge on any atom is 0.284 e. The Morgan fingerprint density at radius 3 is 2.97 bits per heavy atom. The molecule has 4 aromatic rings. The molecule has 2 amide bonds. The molecule has 0 fully saturated rings. The number of carbonyl (C=O) groups excluding carboxylic acids is 2.